The van der Waals surface area contributed by atoms with Crippen molar-refractivity contribution in [3.8, 4) is 0 Å². The molecule has 0 saturated carbocycles. The summed E-state index contributed by atoms with van der Waals surface area (Å²) in [5.41, 5.74) is -0.290. The minimum absolute atomic E-state index is 0.111. The minimum atomic E-state index is -3.35. The quantitative estimate of drug-likeness (QED) is 0.776. The van der Waals surface area contributed by atoms with Crippen LogP contribution >= 0.6 is 0 Å². The molecule has 21 heavy (non-hydrogen) atoms. The molecule has 1 amide bonds. The number of carbonyl (C=O) groups is 2. The third-order valence-electron chi connectivity index (χ3n) is 2.88. The van der Waals surface area contributed by atoms with Gasteiger partial charge in [0.25, 0.3) is 5.91 Å². The average molecular weight is 317 g/mol. The molecule has 1 aromatic rings. The first-order valence-corrected chi connectivity index (χ1v) is 8.07. The number of benzene rings is 1. The SMILES string of the molecule is CCS(=O)(=O)CCC(NC(=O)c1ccccc1F)C(=O)O. The van der Waals surface area contributed by atoms with E-state index in [-0.39, 0.29) is 23.5 Å². The fourth-order valence-corrected chi connectivity index (χ4v) is 2.46. The zero-order valence-electron chi connectivity index (χ0n) is 11.4. The molecule has 1 rings (SSSR count). The van der Waals surface area contributed by atoms with Gasteiger partial charge in [-0.3, -0.25) is 4.79 Å². The predicted molar refractivity (Wildman–Crippen MR) is 74.2 cm³/mol. The first-order chi connectivity index (χ1) is 9.76. The van der Waals surface area contributed by atoms with Crippen molar-refractivity contribution in [3.63, 3.8) is 0 Å². The lowest BCUT2D eigenvalue weighted by Crippen LogP contribution is -2.42. The van der Waals surface area contributed by atoms with Crippen LogP contribution in [0, 0.1) is 5.82 Å². The molecule has 2 N–H and O–H groups in total. The Morgan fingerprint density at radius 1 is 1.33 bits per heavy atom. The first kappa shape index (κ1) is 17.1. The van der Waals surface area contributed by atoms with Crippen LogP contribution in [0.15, 0.2) is 24.3 Å². The summed E-state index contributed by atoms with van der Waals surface area (Å²) in [6.45, 7) is 1.45. The van der Waals surface area contributed by atoms with Gasteiger partial charge in [0.15, 0.2) is 0 Å². The standard InChI is InChI=1S/C13H16FNO5S/c1-2-21(19,20)8-7-11(13(17)18)15-12(16)9-5-3-4-6-10(9)14/h3-6,11H,2,7-8H2,1H3,(H,15,16)(H,17,18). The Morgan fingerprint density at radius 2 is 1.95 bits per heavy atom. The smallest absolute Gasteiger partial charge is 0.326 e. The van der Waals surface area contributed by atoms with Crippen molar-refractivity contribution in [2.24, 2.45) is 0 Å². The predicted octanol–water partition coefficient (Wildman–Crippen LogP) is 0.833. The Labute approximate surface area is 121 Å². The maximum absolute atomic E-state index is 13.4. The zero-order valence-corrected chi connectivity index (χ0v) is 12.2. The fourth-order valence-electron chi connectivity index (χ4n) is 1.58. The van der Waals surface area contributed by atoms with Gasteiger partial charge in [-0.1, -0.05) is 19.1 Å². The molecule has 0 heterocycles. The highest BCUT2D eigenvalue weighted by Crippen LogP contribution is 2.07. The van der Waals surface area contributed by atoms with Gasteiger partial charge in [0.1, 0.15) is 21.7 Å². The number of halogens is 1. The Bertz CT molecular complexity index is 629. The van der Waals surface area contributed by atoms with Crippen LogP contribution in [-0.4, -0.2) is 42.9 Å². The van der Waals surface area contributed by atoms with Gasteiger partial charge in [-0.25, -0.2) is 17.6 Å². The molecule has 0 bridgehead atoms. The summed E-state index contributed by atoms with van der Waals surface area (Å²) >= 11 is 0. The number of sulfone groups is 1. The number of rotatable bonds is 7. The summed E-state index contributed by atoms with van der Waals surface area (Å²) in [5.74, 6) is -3.51. The van der Waals surface area contributed by atoms with E-state index in [0.29, 0.717) is 0 Å². The molecule has 0 radical (unpaired) electrons. The van der Waals surface area contributed by atoms with Gasteiger partial charge in [0, 0.05) is 5.75 Å². The zero-order chi connectivity index (χ0) is 16.0. The van der Waals surface area contributed by atoms with Crippen LogP contribution < -0.4 is 5.32 Å². The Hall–Kier alpha value is -1.96. The summed E-state index contributed by atoms with van der Waals surface area (Å²) in [6, 6.07) is 3.74. The lowest BCUT2D eigenvalue weighted by molar-refractivity contribution is -0.139. The molecule has 116 valence electrons. The maximum Gasteiger partial charge on any atom is 0.326 e. The highest BCUT2D eigenvalue weighted by molar-refractivity contribution is 7.91. The Balaban J connectivity index is 2.78. The third-order valence-corrected chi connectivity index (χ3v) is 4.62. The van der Waals surface area contributed by atoms with Crippen LogP contribution in [0.25, 0.3) is 0 Å². The third kappa shape index (κ3) is 5.14. The molecular formula is C13H16FNO5S. The molecule has 1 atom stereocenters. The van der Waals surface area contributed by atoms with E-state index in [2.05, 4.69) is 5.32 Å². The number of amides is 1. The van der Waals surface area contributed by atoms with Crippen molar-refractivity contribution in [3.05, 3.63) is 35.6 Å². The van der Waals surface area contributed by atoms with Crippen LogP contribution in [-0.2, 0) is 14.6 Å². The highest BCUT2D eigenvalue weighted by atomic mass is 32.2. The van der Waals surface area contributed by atoms with Crippen LogP contribution in [0.1, 0.15) is 23.7 Å². The molecule has 6 nitrogen and oxygen atoms in total. The number of nitrogens with one attached hydrogen (secondary N) is 1. The number of carboxylic acids is 1. The molecule has 1 unspecified atom stereocenters. The van der Waals surface area contributed by atoms with Gasteiger partial charge in [-0.2, -0.15) is 0 Å². The summed E-state index contributed by atoms with van der Waals surface area (Å²) < 4.78 is 36.2. The normalized spacial score (nSPS) is 12.7. The van der Waals surface area contributed by atoms with Gasteiger partial charge in [0.2, 0.25) is 0 Å². The van der Waals surface area contributed by atoms with Gasteiger partial charge in [-0.15, -0.1) is 0 Å². The summed E-state index contributed by atoms with van der Waals surface area (Å²) in [6.07, 6.45) is -0.272. The van der Waals surface area contributed by atoms with E-state index in [1.165, 1.54) is 25.1 Å². The second kappa shape index (κ2) is 7.16. The molecule has 1 aromatic carbocycles. The van der Waals surface area contributed by atoms with Crippen molar-refractivity contribution < 1.29 is 27.5 Å². The van der Waals surface area contributed by atoms with Crippen molar-refractivity contribution in [1.29, 1.82) is 0 Å². The summed E-state index contributed by atoms with van der Waals surface area (Å²) in [5, 5.41) is 11.1. The largest absolute Gasteiger partial charge is 0.480 e. The maximum atomic E-state index is 13.4. The Kier molecular flexibility index (Phi) is 5.83. The highest BCUT2D eigenvalue weighted by Gasteiger charge is 2.24. The average Bonchev–Trinajstić information content (AvgIpc) is 2.43. The van der Waals surface area contributed by atoms with Crippen molar-refractivity contribution in [2.45, 2.75) is 19.4 Å². The van der Waals surface area contributed by atoms with Crippen molar-refractivity contribution in [1.82, 2.24) is 5.32 Å². The van der Waals surface area contributed by atoms with Crippen molar-refractivity contribution >= 4 is 21.7 Å². The van der Waals surface area contributed by atoms with E-state index in [9.17, 15) is 22.4 Å². The summed E-state index contributed by atoms with van der Waals surface area (Å²) in [4.78, 5) is 22.9. The molecule has 0 aliphatic carbocycles. The lowest BCUT2D eigenvalue weighted by Gasteiger charge is -2.14. The van der Waals surface area contributed by atoms with Gasteiger partial charge < -0.3 is 10.4 Å². The van der Waals surface area contributed by atoms with Crippen LogP contribution in [0.3, 0.4) is 0 Å². The number of aliphatic carboxylic acids is 1. The molecule has 0 aliphatic rings. The molecule has 0 aliphatic heterocycles. The van der Waals surface area contributed by atoms with E-state index >= 15 is 0 Å². The van der Waals surface area contributed by atoms with Gasteiger partial charge in [0.05, 0.1) is 11.3 Å². The summed E-state index contributed by atoms with van der Waals surface area (Å²) in [7, 11) is -3.35. The van der Waals surface area contributed by atoms with Gasteiger partial charge in [-0.05, 0) is 18.6 Å². The topological polar surface area (TPSA) is 101 Å². The molecule has 0 aromatic heterocycles. The van der Waals surface area contributed by atoms with E-state index < -0.39 is 33.6 Å². The van der Waals surface area contributed by atoms with Crippen LogP contribution in [0.2, 0.25) is 0 Å². The number of carbonyl (C=O) groups excluding carboxylic acids is 1. The van der Waals surface area contributed by atoms with Crippen LogP contribution in [0.4, 0.5) is 4.39 Å². The minimum Gasteiger partial charge on any atom is -0.480 e. The fraction of sp³-hybridized carbons (Fsp3) is 0.385. The van der Waals surface area contributed by atoms with E-state index in [4.69, 9.17) is 5.11 Å². The van der Waals surface area contributed by atoms with E-state index in [1.807, 2.05) is 0 Å². The molecule has 0 saturated heterocycles. The molecule has 8 heteroatoms. The van der Waals surface area contributed by atoms with E-state index in [0.717, 1.165) is 6.07 Å². The monoisotopic (exact) mass is 317 g/mol. The number of hydrogen-bond donors (Lipinski definition) is 2. The van der Waals surface area contributed by atoms with Gasteiger partial charge >= 0.3 is 5.97 Å². The number of carboxylic acid groups (broad SMARTS) is 1. The first-order valence-electron chi connectivity index (χ1n) is 6.25. The lowest BCUT2D eigenvalue weighted by atomic mass is 10.1. The van der Waals surface area contributed by atoms with E-state index in [1.54, 1.807) is 0 Å². The molecule has 0 fully saturated rings. The molecule has 0 spiro atoms. The molecular weight excluding hydrogens is 301 g/mol. The Morgan fingerprint density at radius 3 is 2.48 bits per heavy atom. The second-order valence-corrected chi connectivity index (χ2v) is 6.84. The van der Waals surface area contributed by atoms with Crippen LogP contribution in [0.5, 0.6) is 0 Å². The number of hydrogen-bond acceptors (Lipinski definition) is 4. The second-order valence-electron chi connectivity index (χ2n) is 4.37. The van der Waals surface area contributed by atoms with Crippen molar-refractivity contribution in [2.75, 3.05) is 11.5 Å².